The topological polar surface area (TPSA) is 32.7 Å². The Labute approximate surface area is 102 Å². The second-order valence-corrected chi connectivity index (χ2v) is 4.44. The Morgan fingerprint density at radius 1 is 1.41 bits per heavy atom. The van der Waals surface area contributed by atoms with Crippen LogP contribution < -0.4 is 4.74 Å². The number of hydrogen-bond acceptors (Lipinski definition) is 3. The molecule has 0 aliphatic heterocycles. The molecule has 0 aliphatic carbocycles. The lowest BCUT2D eigenvalue weighted by Crippen LogP contribution is -2.30. The van der Waals surface area contributed by atoms with Gasteiger partial charge in [0.2, 0.25) is 0 Å². The predicted molar refractivity (Wildman–Crippen MR) is 65.7 cm³/mol. The molecule has 0 saturated heterocycles. The van der Waals surface area contributed by atoms with Crippen molar-refractivity contribution >= 4 is 0 Å². The Balaban J connectivity index is 2.87. The fraction of sp³-hybridized carbons (Fsp3) is 0.538. The molecular weight excluding hydrogens is 221 g/mol. The maximum Gasteiger partial charge on any atom is 0.124 e. The zero-order valence-corrected chi connectivity index (χ0v) is 10.8. The molecule has 1 rings (SSSR count). The second-order valence-electron chi connectivity index (χ2n) is 4.44. The largest absolute Gasteiger partial charge is 0.496 e. The van der Waals surface area contributed by atoms with Crippen LogP contribution in [0.1, 0.15) is 25.5 Å². The van der Waals surface area contributed by atoms with E-state index in [1.807, 2.05) is 25.8 Å². The summed E-state index contributed by atoms with van der Waals surface area (Å²) in [5.41, 5.74) is 0.486. The van der Waals surface area contributed by atoms with Gasteiger partial charge in [-0.05, 0) is 39.1 Å². The van der Waals surface area contributed by atoms with Crippen LogP contribution in [0.25, 0.3) is 0 Å². The third-order valence-corrected chi connectivity index (χ3v) is 2.89. The van der Waals surface area contributed by atoms with Crippen LogP contribution in [-0.4, -0.2) is 36.8 Å². The van der Waals surface area contributed by atoms with Gasteiger partial charge in [0.05, 0.1) is 13.2 Å². The van der Waals surface area contributed by atoms with Gasteiger partial charge in [-0.25, -0.2) is 4.39 Å². The van der Waals surface area contributed by atoms with Gasteiger partial charge in [-0.15, -0.1) is 0 Å². The van der Waals surface area contributed by atoms with Crippen LogP contribution in [0, 0.1) is 5.82 Å². The first-order valence-corrected chi connectivity index (χ1v) is 5.67. The van der Waals surface area contributed by atoms with Gasteiger partial charge >= 0.3 is 0 Å². The van der Waals surface area contributed by atoms with Crippen LogP contribution in [0.2, 0.25) is 0 Å². The highest BCUT2D eigenvalue weighted by Gasteiger charge is 2.17. The zero-order chi connectivity index (χ0) is 13.0. The Hall–Kier alpha value is -1.13. The third-order valence-electron chi connectivity index (χ3n) is 2.89. The number of hydrogen-bond donors (Lipinski definition) is 1. The molecule has 0 saturated carbocycles. The van der Waals surface area contributed by atoms with E-state index < -0.39 is 6.10 Å². The summed E-state index contributed by atoms with van der Waals surface area (Å²) in [6.45, 7) is 4.52. The van der Waals surface area contributed by atoms with Gasteiger partial charge in [0, 0.05) is 18.2 Å². The quantitative estimate of drug-likeness (QED) is 0.858. The van der Waals surface area contributed by atoms with E-state index >= 15 is 0 Å². The smallest absolute Gasteiger partial charge is 0.124 e. The number of aliphatic hydroxyl groups is 1. The maximum absolute atomic E-state index is 13.2. The monoisotopic (exact) mass is 241 g/mol. The predicted octanol–water partition coefficient (Wildman–Crippen LogP) is 2.21. The summed E-state index contributed by atoms with van der Waals surface area (Å²) in [7, 11) is 3.43. The molecule has 96 valence electrons. The fourth-order valence-electron chi connectivity index (χ4n) is 1.55. The van der Waals surface area contributed by atoms with Crippen LogP contribution >= 0.6 is 0 Å². The molecule has 0 aromatic heterocycles. The summed E-state index contributed by atoms with van der Waals surface area (Å²) >= 11 is 0. The van der Waals surface area contributed by atoms with Crippen LogP contribution in [-0.2, 0) is 0 Å². The molecule has 1 atom stereocenters. The van der Waals surface area contributed by atoms with Gasteiger partial charge in [0.25, 0.3) is 0 Å². The first-order chi connectivity index (χ1) is 7.95. The number of halogens is 1. The van der Waals surface area contributed by atoms with E-state index in [0.717, 1.165) is 0 Å². The van der Waals surface area contributed by atoms with E-state index in [9.17, 15) is 9.50 Å². The van der Waals surface area contributed by atoms with Crippen molar-refractivity contribution in [3.63, 3.8) is 0 Å². The van der Waals surface area contributed by atoms with Gasteiger partial charge in [0.1, 0.15) is 11.6 Å². The Morgan fingerprint density at radius 2 is 2.06 bits per heavy atom. The normalized spacial score (nSPS) is 13.2. The van der Waals surface area contributed by atoms with Crippen molar-refractivity contribution in [2.45, 2.75) is 26.0 Å². The first-order valence-electron chi connectivity index (χ1n) is 5.67. The van der Waals surface area contributed by atoms with Crippen LogP contribution in [0.4, 0.5) is 4.39 Å². The Bertz CT molecular complexity index is 368. The maximum atomic E-state index is 13.2. The van der Waals surface area contributed by atoms with Crippen molar-refractivity contribution < 1.29 is 14.2 Å². The highest BCUT2D eigenvalue weighted by atomic mass is 19.1. The van der Waals surface area contributed by atoms with Gasteiger partial charge in [-0.2, -0.15) is 0 Å². The van der Waals surface area contributed by atoms with Crippen molar-refractivity contribution in [3.8, 4) is 5.75 Å². The number of nitrogens with zero attached hydrogens (tertiary/aromatic N) is 1. The minimum atomic E-state index is -0.756. The molecule has 1 aromatic rings. The summed E-state index contributed by atoms with van der Waals surface area (Å²) in [4.78, 5) is 2.00. The van der Waals surface area contributed by atoms with E-state index in [2.05, 4.69) is 0 Å². The Kier molecular flexibility index (Phi) is 4.90. The summed E-state index contributed by atoms with van der Waals surface area (Å²) in [5, 5.41) is 10.1. The standard InChI is InChI=1S/C13H20FNO2/c1-9(2)15(3)8-12(16)11-7-10(14)5-6-13(11)17-4/h5-7,9,12,16H,8H2,1-4H3/t12-/m0/s1. The van der Waals surface area contributed by atoms with Gasteiger partial charge in [-0.3, -0.25) is 0 Å². The second kappa shape index (κ2) is 5.98. The fourth-order valence-corrected chi connectivity index (χ4v) is 1.55. The molecule has 3 nitrogen and oxygen atoms in total. The van der Waals surface area contributed by atoms with E-state index in [1.54, 1.807) is 0 Å². The molecule has 0 spiro atoms. The number of benzene rings is 1. The molecule has 0 bridgehead atoms. The third kappa shape index (κ3) is 3.68. The van der Waals surface area contributed by atoms with Crippen molar-refractivity contribution in [3.05, 3.63) is 29.6 Å². The molecule has 17 heavy (non-hydrogen) atoms. The average molecular weight is 241 g/mol. The molecule has 0 unspecified atom stereocenters. The molecule has 1 N–H and O–H groups in total. The lowest BCUT2D eigenvalue weighted by Gasteiger charge is -2.25. The van der Waals surface area contributed by atoms with Crippen molar-refractivity contribution in [1.82, 2.24) is 4.90 Å². The van der Waals surface area contributed by atoms with Crippen LogP contribution in [0.15, 0.2) is 18.2 Å². The van der Waals surface area contributed by atoms with Gasteiger partial charge in [0.15, 0.2) is 0 Å². The highest BCUT2D eigenvalue weighted by Crippen LogP contribution is 2.26. The van der Waals surface area contributed by atoms with Gasteiger partial charge in [-0.1, -0.05) is 0 Å². The molecular formula is C13H20FNO2. The summed E-state index contributed by atoms with van der Waals surface area (Å²) < 4.78 is 18.3. The minimum Gasteiger partial charge on any atom is -0.496 e. The van der Waals surface area contributed by atoms with E-state index in [1.165, 1.54) is 25.3 Å². The van der Waals surface area contributed by atoms with E-state index in [0.29, 0.717) is 23.9 Å². The number of aliphatic hydroxyl groups excluding tert-OH is 1. The highest BCUT2D eigenvalue weighted by molar-refractivity contribution is 5.35. The molecule has 0 amide bonds. The number of methoxy groups -OCH3 is 1. The summed E-state index contributed by atoms with van der Waals surface area (Å²) in [6.07, 6.45) is -0.756. The van der Waals surface area contributed by atoms with Crippen LogP contribution in [0.3, 0.4) is 0 Å². The minimum absolute atomic E-state index is 0.323. The van der Waals surface area contributed by atoms with Gasteiger partial charge < -0.3 is 14.7 Å². The summed E-state index contributed by atoms with van der Waals surface area (Å²) in [6, 6.07) is 4.49. The Morgan fingerprint density at radius 3 is 2.59 bits per heavy atom. The molecule has 4 heteroatoms. The van der Waals surface area contributed by atoms with Crippen LogP contribution in [0.5, 0.6) is 5.75 Å². The van der Waals surface area contributed by atoms with Crippen molar-refractivity contribution in [2.75, 3.05) is 20.7 Å². The lowest BCUT2D eigenvalue weighted by atomic mass is 10.1. The molecule has 0 aliphatic rings. The molecule has 1 aromatic carbocycles. The van der Waals surface area contributed by atoms with E-state index in [-0.39, 0.29) is 5.82 Å². The number of rotatable bonds is 5. The first kappa shape index (κ1) is 13.9. The number of ether oxygens (including phenoxy) is 1. The molecule has 0 fully saturated rings. The molecule has 0 radical (unpaired) electrons. The number of likely N-dealkylation sites (N-methyl/N-ethyl adjacent to an activating group) is 1. The SMILES string of the molecule is COc1ccc(F)cc1[C@@H](O)CN(C)C(C)C. The summed E-state index contributed by atoms with van der Waals surface area (Å²) in [5.74, 6) is 0.142. The van der Waals surface area contributed by atoms with E-state index in [4.69, 9.17) is 4.74 Å². The zero-order valence-electron chi connectivity index (χ0n) is 10.8. The van der Waals surface area contributed by atoms with Crippen molar-refractivity contribution in [1.29, 1.82) is 0 Å². The lowest BCUT2D eigenvalue weighted by molar-refractivity contribution is 0.110. The molecule has 0 heterocycles. The average Bonchev–Trinajstić information content (AvgIpc) is 2.28. The van der Waals surface area contributed by atoms with Crippen molar-refractivity contribution in [2.24, 2.45) is 0 Å².